The van der Waals surface area contributed by atoms with Gasteiger partial charge in [-0.2, -0.15) is 0 Å². The zero-order valence-corrected chi connectivity index (χ0v) is 20.4. The number of nitro groups is 1. The maximum atomic E-state index is 12.2. The van der Waals surface area contributed by atoms with Crippen LogP contribution < -0.4 is 10.6 Å². The number of non-ortho nitro benzene ring substituents is 1. The van der Waals surface area contributed by atoms with Crippen molar-refractivity contribution in [2.75, 3.05) is 11.9 Å². The predicted octanol–water partition coefficient (Wildman–Crippen LogP) is 5.28. The van der Waals surface area contributed by atoms with Crippen molar-refractivity contribution in [1.82, 2.24) is 5.32 Å². The Morgan fingerprint density at radius 1 is 1.00 bits per heavy atom. The Morgan fingerprint density at radius 2 is 1.50 bits per heavy atom. The minimum atomic E-state index is -1.03. The van der Waals surface area contributed by atoms with Crippen LogP contribution in [0.15, 0.2) is 36.4 Å². The van der Waals surface area contributed by atoms with Gasteiger partial charge in [-0.1, -0.05) is 53.7 Å². The summed E-state index contributed by atoms with van der Waals surface area (Å²) in [5.74, 6) is -1.74. The number of rotatable bonds is 7. The largest absolute Gasteiger partial charge is 0.507 e. The van der Waals surface area contributed by atoms with Gasteiger partial charge in [0.1, 0.15) is 5.75 Å². The fourth-order valence-electron chi connectivity index (χ4n) is 3.61. The van der Waals surface area contributed by atoms with Gasteiger partial charge in [-0.05, 0) is 46.1 Å². The van der Waals surface area contributed by atoms with Gasteiger partial charge in [0.2, 0.25) is 0 Å². The van der Waals surface area contributed by atoms with Crippen LogP contribution in [0.5, 0.6) is 5.75 Å². The number of carbonyl (C=O) groups excluding carboxylic acids is 1. The zero-order valence-electron chi connectivity index (χ0n) is 20.4. The minimum absolute atomic E-state index is 0.0894. The average molecular weight is 472 g/mol. The van der Waals surface area contributed by atoms with Crippen molar-refractivity contribution in [3.8, 4) is 5.75 Å². The first kappa shape index (κ1) is 26.6. The highest BCUT2D eigenvalue weighted by Crippen LogP contribution is 2.41. The molecule has 2 aromatic carbocycles. The fraction of sp³-hybridized carbons (Fsp3) is 0.440. The number of nitro benzene ring substituents is 1. The number of aromatic hydroxyl groups is 1. The summed E-state index contributed by atoms with van der Waals surface area (Å²) in [7, 11) is 0. The van der Waals surface area contributed by atoms with Gasteiger partial charge in [-0.3, -0.25) is 14.9 Å². The van der Waals surface area contributed by atoms with Gasteiger partial charge in [0, 0.05) is 24.4 Å². The summed E-state index contributed by atoms with van der Waals surface area (Å²) in [6.07, 6.45) is 0.140. The van der Waals surface area contributed by atoms with E-state index < -0.39 is 33.7 Å². The number of aliphatic carboxylic acids is 1. The second-order valence-electron chi connectivity index (χ2n) is 10.3. The Hall–Kier alpha value is -3.62. The molecule has 2 rings (SSSR count). The van der Waals surface area contributed by atoms with E-state index in [9.17, 15) is 29.9 Å². The molecular formula is C25H33N3O6. The van der Waals surface area contributed by atoms with E-state index in [0.717, 1.165) is 0 Å². The molecule has 0 saturated carbocycles. The van der Waals surface area contributed by atoms with Crippen molar-refractivity contribution in [3.63, 3.8) is 0 Å². The number of nitrogens with one attached hydrogen (secondary N) is 2. The molecule has 184 valence electrons. The van der Waals surface area contributed by atoms with E-state index in [1.807, 2.05) is 41.5 Å². The smallest absolute Gasteiger partial charge is 0.319 e. The van der Waals surface area contributed by atoms with Crippen LogP contribution in [0, 0.1) is 10.1 Å². The molecule has 1 atom stereocenters. The number of carboxylic acid groups (broad SMARTS) is 1. The molecule has 0 radical (unpaired) electrons. The van der Waals surface area contributed by atoms with Crippen LogP contribution in [0.3, 0.4) is 0 Å². The average Bonchev–Trinajstić information content (AvgIpc) is 2.70. The van der Waals surface area contributed by atoms with Gasteiger partial charge in [0.15, 0.2) is 0 Å². The van der Waals surface area contributed by atoms with Gasteiger partial charge in [-0.25, -0.2) is 4.79 Å². The molecule has 0 aromatic heterocycles. The summed E-state index contributed by atoms with van der Waals surface area (Å²) in [5.41, 5.74) is 1.40. The van der Waals surface area contributed by atoms with Gasteiger partial charge in [0.05, 0.1) is 10.8 Å². The highest BCUT2D eigenvalue weighted by Gasteiger charge is 2.30. The van der Waals surface area contributed by atoms with Crippen LogP contribution in [0.2, 0.25) is 0 Å². The first-order valence-corrected chi connectivity index (χ1v) is 11.0. The van der Waals surface area contributed by atoms with Crippen LogP contribution in [0.4, 0.5) is 16.2 Å². The molecular weight excluding hydrogens is 438 g/mol. The number of anilines is 1. The standard InChI is InChI=1S/C25H33N3O6/c1-24(2,3)19-13-15(14-20(21(19)29)25(4,5)6)18(22(30)31)11-12-26-23(32)27-16-7-9-17(10-8-16)28(33)34/h7-10,13-14,18,29H,11-12H2,1-6H3,(H,30,31)(H2,26,27,32). The van der Waals surface area contributed by atoms with E-state index in [1.165, 1.54) is 24.3 Å². The van der Waals surface area contributed by atoms with Crippen LogP contribution in [0.25, 0.3) is 0 Å². The summed E-state index contributed by atoms with van der Waals surface area (Å²) in [6, 6.07) is 8.31. The number of hydrogen-bond acceptors (Lipinski definition) is 5. The first-order chi connectivity index (χ1) is 15.6. The van der Waals surface area contributed by atoms with Crippen LogP contribution >= 0.6 is 0 Å². The molecule has 9 heteroatoms. The third-order valence-corrected chi connectivity index (χ3v) is 5.50. The number of phenols is 1. The highest BCUT2D eigenvalue weighted by molar-refractivity contribution is 5.89. The predicted molar refractivity (Wildman–Crippen MR) is 131 cm³/mol. The van der Waals surface area contributed by atoms with Crippen molar-refractivity contribution < 1.29 is 24.7 Å². The van der Waals surface area contributed by atoms with E-state index in [2.05, 4.69) is 10.6 Å². The third-order valence-electron chi connectivity index (χ3n) is 5.50. The lowest BCUT2D eigenvalue weighted by Crippen LogP contribution is -2.31. The molecule has 2 amide bonds. The lowest BCUT2D eigenvalue weighted by molar-refractivity contribution is -0.384. The second-order valence-corrected chi connectivity index (χ2v) is 10.3. The van der Waals surface area contributed by atoms with Crippen molar-refractivity contribution in [2.24, 2.45) is 0 Å². The normalized spacial score (nSPS) is 12.6. The summed E-state index contributed by atoms with van der Waals surface area (Å²) < 4.78 is 0. The zero-order chi connectivity index (χ0) is 25.8. The van der Waals surface area contributed by atoms with E-state index in [0.29, 0.717) is 22.4 Å². The van der Waals surface area contributed by atoms with Crippen molar-refractivity contribution in [3.05, 3.63) is 63.2 Å². The van der Waals surface area contributed by atoms with Crippen LogP contribution in [-0.2, 0) is 15.6 Å². The van der Waals surface area contributed by atoms with Crippen molar-refractivity contribution in [2.45, 2.75) is 64.7 Å². The molecule has 4 N–H and O–H groups in total. The summed E-state index contributed by atoms with van der Waals surface area (Å²) >= 11 is 0. The molecule has 0 heterocycles. The maximum Gasteiger partial charge on any atom is 0.319 e. The number of carbonyl (C=O) groups is 2. The topological polar surface area (TPSA) is 142 Å². The molecule has 2 aromatic rings. The molecule has 1 unspecified atom stereocenters. The summed E-state index contributed by atoms with van der Waals surface area (Å²) in [5, 5.41) is 36.7. The molecule has 0 spiro atoms. The van der Waals surface area contributed by atoms with E-state index in [-0.39, 0.29) is 24.4 Å². The van der Waals surface area contributed by atoms with Crippen molar-refractivity contribution >= 4 is 23.4 Å². The Morgan fingerprint density at radius 3 is 1.91 bits per heavy atom. The van der Waals surface area contributed by atoms with Gasteiger partial charge in [-0.15, -0.1) is 0 Å². The molecule has 0 aliphatic rings. The van der Waals surface area contributed by atoms with Crippen LogP contribution in [0.1, 0.15) is 70.6 Å². The molecule has 0 fully saturated rings. The SMILES string of the molecule is CC(C)(C)c1cc(C(CCNC(=O)Nc2ccc([N+](=O)[O-])cc2)C(=O)O)cc(C(C)(C)C)c1O. The monoisotopic (exact) mass is 471 g/mol. The number of nitrogens with zero attached hydrogens (tertiary/aromatic N) is 1. The fourth-order valence-corrected chi connectivity index (χ4v) is 3.61. The number of urea groups is 1. The lowest BCUT2D eigenvalue weighted by atomic mass is 9.76. The number of benzene rings is 2. The summed E-state index contributed by atoms with van der Waals surface area (Å²) in [4.78, 5) is 34.5. The van der Waals surface area contributed by atoms with Gasteiger partial charge >= 0.3 is 12.0 Å². The van der Waals surface area contributed by atoms with Crippen molar-refractivity contribution in [1.29, 1.82) is 0 Å². The minimum Gasteiger partial charge on any atom is -0.507 e. The Bertz CT molecular complexity index is 1030. The Labute approximate surface area is 199 Å². The van der Waals surface area contributed by atoms with E-state index >= 15 is 0 Å². The maximum absolute atomic E-state index is 12.2. The highest BCUT2D eigenvalue weighted by atomic mass is 16.6. The van der Waals surface area contributed by atoms with E-state index in [4.69, 9.17) is 0 Å². The third kappa shape index (κ3) is 6.69. The quantitative estimate of drug-likeness (QED) is 0.320. The molecule has 0 aliphatic carbocycles. The van der Waals surface area contributed by atoms with Crippen LogP contribution in [-0.4, -0.2) is 33.7 Å². The molecule has 9 nitrogen and oxygen atoms in total. The Kier molecular flexibility index (Phi) is 7.92. The molecule has 34 heavy (non-hydrogen) atoms. The number of amides is 2. The molecule has 0 aliphatic heterocycles. The number of carboxylic acids is 1. The second kappa shape index (κ2) is 10.1. The van der Waals surface area contributed by atoms with Gasteiger partial charge < -0.3 is 20.8 Å². The van der Waals surface area contributed by atoms with Gasteiger partial charge in [0.25, 0.3) is 5.69 Å². The molecule has 0 bridgehead atoms. The van der Waals surface area contributed by atoms with E-state index in [1.54, 1.807) is 12.1 Å². The lowest BCUT2D eigenvalue weighted by Gasteiger charge is -2.29. The summed E-state index contributed by atoms with van der Waals surface area (Å²) in [6.45, 7) is 11.8. The Balaban J connectivity index is 2.18. The number of hydrogen-bond donors (Lipinski definition) is 4. The number of phenolic OH excluding ortho intramolecular Hbond substituents is 1. The first-order valence-electron chi connectivity index (χ1n) is 11.0. The molecule has 0 saturated heterocycles.